The molecule has 0 saturated carbocycles. The van der Waals surface area contributed by atoms with E-state index in [4.69, 9.17) is 9.26 Å². The van der Waals surface area contributed by atoms with E-state index in [1.54, 1.807) is 30.3 Å². The van der Waals surface area contributed by atoms with Crippen LogP contribution >= 0.6 is 0 Å². The summed E-state index contributed by atoms with van der Waals surface area (Å²) in [7, 11) is 0. The minimum Gasteiger partial charge on any atom is -0.491 e. The number of aliphatic hydroxyl groups is 1. The number of hydrogen-bond donors (Lipinski definition) is 2. The standard InChI is InChI=1S/C23H19F3N2O3/c24-16-4-1-15(21(26)9-16)11-27-12-18(29)13-30-19-6-2-14(3-7-19)23-20-8-5-17(25)10-22(20)31-28-23/h1-10,18,27,29H,11-13H2. The number of nitrogens with one attached hydrogen (secondary N) is 1. The Hall–Kier alpha value is -3.36. The summed E-state index contributed by atoms with van der Waals surface area (Å²) < 4.78 is 50.5. The van der Waals surface area contributed by atoms with Crippen LogP contribution in [0.4, 0.5) is 13.2 Å². The van der Waals surface area contributed by atoms with E-state index in [-0.39, 0.29) is 19.7 Å². The molecule has 1 atom stereocenters. The van der Waals surface area contributed by atoms with E-state index < -0.39 is 23.6 Å². The quantitative estimate of drug-likeness (QED) is 0.434. The van der Waals surface area contributed by atoms with Crippen molar-refractivity contribution < 1.29 is 27.5 Å². The SMILES string of the molecule is OC(CNCc1ccc(F)cc1F)COc1ccc(-c2noc3cc(F)ccc23)cc1. The lowest BCUT2D eigenvalue weighted by atomic mass is 10.1. The molecule has 8 heteroatoms. The Balaban J connectivity index is 1.28. The van der Waals surface area contributed by atoms with E-state index in [1.165, 1.54) is 24.3 Å². The molecule has 0 spiro atoms. The first-order chi connectivity index (χ1) is 15.0. The predicted molar refractivity (Wildman–Crippen MR) is 109 cm³/mol. The van der Waals surface area contributed by atoms with Gasteiger partial charge in [0.05, 0.1) is 0 Å². The largest absolute Gasteiger partial charge is 0.491 e. The molecule has 1 unspecified atom stereocenters. The first-order valence-electron chi connectivity index (χ1n) is 9.60. The number of hydrogen-bond acceptors (Lipinski definition) is 5. The van der Waals surface area contributed by atoms with Gasteiger partial charge in [-0.3, -0.25) is 0 Å². The number of fused-ring (bicyclic) bond motifs is 1. The van der Waals surface area contributed by atoms with E-state index in [9.17, 15) is 18.3 Å². The lowest BCUT2D eigenvalue weighted by molar-refractivity contribution is 0.106. The average molecular weight is 428 g/mol. The smallest absolute Gasteiger partial charge is 0.170 e. The van der Waals surface area contributed by atoms with Gasteiger partial charge in [0, 0.05) is 41.7 Å². The van der Waals surface area contributed by atoms with Gasteiger partial charge in [0.25, 0.3) is 0 Å². The van der Waals surface area contributed by atoms with Crippen molar-refractivity contribution >= 4 is 11.0 Å². The molecule has 2 N–H and O–H groups in total. The Kier molecular flexibility index (Phi) is 6.20. The molecule has 0 bridgehead atoms. The van der Waals surface area contributed by atoms with Gasteiger partial charge in [-0.2, -0.15) is 0 Å². The second kappa shape index (κ2) is 9.20. The number of nitrogens with zero attached hydrogens (tertiary/aromatic N) is 1. The molecular weight excluding hydrogens is 409 g/mol. The van der Waals surface area contributed by atoms with Crippen molar-refractivity contribution in [3.8, 4) is 17.0 Å². The van der Waals surface area contributed by atoms with Crippen LogP contribution in [0.25, 0.3) is 22.2 Å². The predicted octanol–water partition coefficient (Wildman–Crippen LogP) is 4.44. The molecule has 0 radical (unpaired) electrons. The van der Waals surface area contributed by atoms with E-state index in [1.807, 2.05) is 0 Å². The van der Waals surface area contributed by atoms with Crippen molar-refractivity contribution in [2.45, 2.75) is 12.6 Å². The van der Waals surface area contributed by atoms with E-state index in [2.05, 4.69) is 10.5 Å². The zero-order valence-electron chi connectivity index (χ0n) is 16.3. The molecule has 31 heavy (non-hydrogen) atoms. The van der Waals surface area contributed by atoms with Crippen molar-refractivity contribution in [3.63, 3.8) is 0 Å². The van der Waals surface area contributed by atoms with Crippen LogP contribution in [0.2, 0.25) is 0 Å². The highest BCUT2D eigenvalue weighted by molar-refractivity contribution is 5.91. The number of benzene rings is 3. The summed E-state index contributed by atoms with van der Waals surface area (Å²) in [5.41, 5.74) is 2.06. The van der Waals surface area contributed by atoms with Crippen molar-refractivity contribution in [2.24, 2.45) is 0 Å². The fourth-order valence-corrected chi connectivity index (χ4v) is 3.12. The molecule has 3 aromatic carbocycles. The van der Waals surface area contributed by atoms with Crippen LogP contribution in [0.3, 0.4) is 0 Å². The lowest BCUT2D eigenvalue weighted by Gasteiger charge is -2.14. The molecule has 1 aromatic heterocycles. The summed E-state index contributed by atoms with van der Waals surface area (Å²) in [6.07, 6.45) is -0.822. The highest BCUT2D eigenvalue weighted by atomic mass is 19.1. The second-order valence-electron chi connectivity index (χ2n) is 7.03. The fourth-order valence-electron chi connectivity index (χ4n) is 3.12. The van der Waals surface area contributed by atoms with Crippen LogP contribution in [0.1, 0.15) is 5.56 Å². The molecule has 4 aromatic rings. The normalized spacial score (nSPS) is 12.3. The van der Waals surface area contributed by atoms with Gasteiger partial charge in [0.2, 0.25) is 0 Å². The van der Waals surface area contributed by atoms with Gasteiger partial charge >= 0.3 is 0 Å². The van der Waals surface area contributed by atoms with Crippen LogP contribution < -0.4 is 10.1 Å². The van der Waals surface area contributed by atoms with Crippen LogP contribution in [0.15, 0.2) is 65.2 Å². The van der Waals surface area contributed by atoms with Gasteiger partial charge in [-0.25, -0.2) is 13.2 Å². The zero-order valence-corrected chi connectivity index (χ0v) is 16.3. The monoisotopic (exact) mass is 428 g/mol. The Morgan fingerprint density at radius 1 is 0.968 bits per heavy atom. The third-order valence-electron chi connectivity index (χ3n) is 4.71. The van der Waals surface area contributed by atoms with E-state index in [0.29, 0.717) is 28.0 Å². The first-order valence-corrected chi connectivity index (χ1v) is 9.60. The van der Waals surface area contributed by atoms with E-state index >= 15 is 0 Å². The Morgan fingerprint density at radius 3 is 2.48 bits per heavy atom. The van der Waals surface area contributed by atoms with Crippen molar-refractivity contribution in [1.82, 2.24) is 10.5 Å². The van der Waals surface area contributed by atoms with Gasteiger partial charge in [0.15, 0.2) is 5.58 Å². The minimum absolute atomic E-state index is 0.0322. The highest BCUT2D eigenvalue weighted by Crippen LogP contribution is 2.29. The number of aromatic nitrogens is 1. The maximum Gasteiger partial charge on any atom is 0.170 e. The third-order valence-corrected chi connectivity index (χ3v) is 4.71. The zero-order chi connectivity index (χ0) is 21.8. The molecule has 4 rings (SSSR count). The fraction of sp³-hybridized carbons (Fsp3) is 0.174. The summed E-state index contributed by atoms with van der Waals surface area (Å²) in [6, 6.07) is 14.6. The van der Waals surface area contributed by atoms with Gasteiger partial charge in [-0.15, -0.1) is 0 Å². The maximum atomic E-state index is 13.6. The number of aliphatic hydroxyl groups excluding tert-OH is 1. The third kappa shape index (κ3) is 5.04. The van der Waals surface area contributed by atoms with Gasteiger partial charge in [0.1, 0.15) is 41.6 Å². The summed E-state index contributed by atoms with van der Waals surface area (Å²) in [5, 5.41) is 17.7. The molecule has 0 aliphatic heterocycles. The Labute approximate surface area is 176 Å². The molecule has 5 nitrogen and oxygen atoms in total. The lowest BCUT2D eigenvalue weighted by Crippen LogP contribution is -2.31. The minimum atomic E-state index is -0.822. The van der Waals surface area contributed by atoms with Gasteiger partial charge < -0.3 is 19.7 Å². The molecular formula is C23H19F3N2O3. The average Bonchev–Trinajstić information content (AvgIpc) is 3.17. The summed E-state index contributed by atoms with van der Waals surface area (Å²) >= 11 is 0. The first kappa shape index (κ1) is 20.9. The molecule has 0 aliphatic rings. The molecule has 0 saturated heterocycles. The summed E-state index contributed by atoms with van der Waals surface area (Å²) in [6.45, 7) is 0.369. The highest BCUT2D eigenvalue weighted by Gasteiger charge is 2.12. The molecule has 160 valence electrons. The van der Waals surface area contributed by atoms with Crippen LogP contribution in [-0.4, -0.2) is 29.5 Å². The van der Waals surface area contributed by atoms with Crippen LogP contribution in [0, 0.1) is 17.5 Å². The Morgan fingerprint density at radius 2 is 1.71 bits per heavy atom. The van der Waals surface area contributed by atoms with Crippen LogP contribution in [-0.2, 0) is 6.54 Å². The topological polar surface area (TPSA) is 67.5 Å². The summed E-state index contributed by atoms with van der Waals surface area (Å²) in [4.78, 5) is 0. The van der Waals surface area contributed by atoms with Crippen molar-refractivity contribution in [1.29, 1.82) is 0 Å². The number of halogens is 3. The van der Waals surface area contributed by atoms with Crippen molar-refractivity contribution in [3.05, 3.63) is 83.7 Å². The van der Waals surface area contributed by atoms with Gasteiger partial charge in [-0.1, -0.05) is 11.2 Å². The molecule has 1 heterocycles. The second-order valence-corrected chi connectivity index (χ2v) is 7.03. The van der Waals surface area contributed by atoms with Crippen LogP contribution in [0.5, 0.6) is 5.75 Å². The van der Waals surface area contributed by atoms with E-state index in [0.717, 1.165) is 11.6 Å². The van der Waals surface area contributed by atoms with Crippen molar-refractivity contribution in [2.75, 3.05) is 13.2 Å². The molecule has 0 aliphatic carbocycles. The van der Waals surface area contributed by atoms with Gasteiger partial charge in [-0.05, 0) is 42.5 Å². The summed E-state index contributed by atoms with van der Waals surface area (Å²) in [5.74, 6) is -1.12. The molecule has 0 amide bonds. The Bertz CT molecular complexity index is 1180. The molecule has 0 fully saturated rings. The number of ether oxygens (including phenoxy) is 1. The number of rotatable bonds is 8. The maximum absolute atomic E-state index is 13.6.